The molecule has 0 spiro atoms. The molecule has 21 heavy (non-hydrogen) atoms. The van der Waals surface area contributed by atoms with Crippen LogP contribution in [0.2, 0.25) is 0 Å². The fourth-order valence-corrected chi connectivity index (χ4v) is 2.84. The average Bonchev–Trinajstić information content (AvgIpc) is 3.38. The van der Waals surface area contributed by atoms with E-state index in [1.54, 1.807) is 0 Å². The molecule has 0 aromatic heterocycles. The highest BCUT2D eigenvalue weighted by molar-refractivity contribution is 5.55. The topological polar surface area (TPSA) is 30.5 Å². The number of ether oxygens (including phenoxy) is 2. The summed E-state index contributed by atoms with van der Waals surface area (Å²) in [6.45, 7) is 2.11. The Morgan fingerprint density at radius 2 is 1.76 bits per heavy atom. The molecule has 1 aliphatic heterocycles. The number of benzene rings is 2. The molecular weight excluding hydrogens is 262 g/mol. The molecule has 3 nitrogen and oxygen atoms in total. The maximum absolute atomic E-state index is 5.62. The minimum atomic E-state index is 0.626. The van der Waals surface area contributed by atoms with E-state index >= 15 is 0 Å². The van der Waals surface area contributed by atoms with Crippen LogP contribution in [0, 0.1) is 0 Å². The van der Waals surface area contributed by atoms with E-state index in [2.05, 4.69) is 29.6 Å². The SMILES string of the molecule is c1ccc(C2CC2)c(CNc2ccc3c(c2)OCCO3)c1. The summed E-state index contributed by atoms with van der Waals surface area (Å²) in [4.78, 5) is 0. The fourth-order valence-electron chi connectivity index (χ4n) is 2.84. The third kappa shape index (κ3) is 2.68. The third-order valence-electron chi connectivity index (χ3n) is 4.10. The Kier molecular flexibility index (Phi) is 3.18. The van der Waals surface area contributed by atoms with Crippen LogP contribution < -0.4 is 14.8 Å². The molecule has 1 N–H and O–H groups in total. The molecule has 108 valence electrons. The van der Waals surface area contributed by atoms with E-state index in [0.29, 0.717) is 13.2 Å². The Bertz CT molecular complexity index is 649. The van der Waals surface area contributed by atoms with Crippen LogP contribution in [0.4, 0.5) is 5.69 Å². The summed E-state index contributed by atoms with van der Waals surface area (Å²) in [6, 6.07) is 14.8. The number of hydrogen-bond acceptors (Lipinski definition) is 3. The summed E-state index contributed by atoms with van der Waals surface area (Å²) in [5.41, 5.74) is 3.97. The maximum atomic E-state index is 5.62. The highest BCUT2D eigenvalue weighted by atomic mass is 16.6. The Morgan fingerprint density at radius 1 is 0.952 bits per heavy atom. The van der Waals surface area contributed by atoms with Gasteiger partial charge >= 0.3 is 0 Å². The fraction of sp³-hybridized carbons (Fsp3) is 0.333. The molecule has 0 atom stereocenters. The minimum Gasteiger partial charge on any atom is -0.486 e. The molecule has 0 radical (unpaired) electrons. The second kappa shape index (κ2) is 5.32. The van der Waals surface area contributed by atoms with Gasteiger partial charge in [0.1, 0.15) is 13.2 Å². The van der Waals surface area contributed by atoms with Crippen LogP contribution in [0.15, 0.2) is 42.5 Å². The van der Waals surface area contributed by atoms with Crippen LogP contribution >= 0.6 is 0 Å². The predicted molar refractivity (Wildman–Crippen MR) is 83.2 cm³/mol. The molecule has 4 rings (SSSR count). The van der Waals surface area contributed by atoms with Gasteiger partial charge in [-0.05, 0) is 42.0 Å². The average molecular weight is 281 g/mol. The summed E-state index contributed by atoms with van der Waals surface area (Å²) < 4.78 is 11.2. The van der Waals surface area contributed by atoms with Crippen molar-refractivity contribution in [3.63, 3.8) is 0 Å². The zero-order valence-corrected chi connectivity index (χ0v) is 12.0. The molecule has 1 fully saturated rings. The van der Waals surface area contributed by atoms with Crippen molar-refractivity contribution >= 4 is 5.69 Å². The van der Waals surface area contributed by atoms with Crippen LogP contribution in [-0.4, -0.2) is 13.2 Å². The molecule has 0 amide bonds. The number of fused-ring (bicyclic) bond motifs is 1. The molecule has 1 aliphatic carbocycles. The lowest BCUT2D eigenvalue weighted by Gasteiger charge is -2.19. The first-order valence-corrected chi connectivity index (χ1v) is 7.61. The largest absolute Gasteiger partial charge is 0.486 e. The molecule has 0 bridgehead atoms. The summed E-state index contributed by atoms with van der Waals surface area (Å²) in [7, 11) is 0. The van der Waals surface area contributed by atoms with E-state index < -0.39 is 0 Å². The number of rotatable bonds is 4. The van der Waals surface area contributed by atoms with Gasteiger partial charge < -0.3 is 14.8 Å². The standard InChI is InChI=1S/C18H19NO2/c1-2-4-16(13-5-6-13)14(3-1)12-19-15-7-8-17-18(11-15)21-10-9-20-17/h1-4,7-8,11,13,19H,5-6,9-10,12H2. The monoisotopic (exact) mass is 281 g/mol. The van der Waals surface area contributed by atoms with E-state index in [9.17, 15) is 0 Å². The Labute approximate surface area is 124 Å². The zero-order valence-electron chi connectivity index (χ0n) is 12.0. The molecule has 2 aromatic carbocycles. The first-order chi connectivity index (χ1) is 10.4. The van der Waals surface area contributed by atoms with Crippen LogP contribution in [0.5, 0.6) is 11.5 Å². The lowest BCUT2D eigenvalue weighted by atomic mass is 10.0. The molecule has 1 saturated carbocycles. The molecule has 2 aliphatic rings. The highest BCUT2D eigenvalue weighted by Crippen LogP contribution is 2.41. The zero-order chi connectivity index (χ0) is 14.1. The van der Waals surface area contributed by atoms with Gasteiger partial charge in [-0.2, -0.15) is 0 Å². The molecule has 2 aromatic rings. The van der Waals surface area contributed by atoms with Crippen molar-refractivity contribution < 1.29 is 9.47 Å². The maximum Gasteiger partial charge on any atom is 0.163 e. The first kappa shape index (κ1) is 12.6. The van der Waals surface area contributed by atoms with Crippen LogP contribution in [0.25, 0.3) is 0 Å². The van der Waals surface area contributed by atoms with E-state index in [-0.39, 0.29) is 0 Å². The van der Waals surface area contributed by atoms with Crippen molar-refractivity contribution in [1.82, 2.24) is 0 Å². The van der Waals surface area contributed by atoms with E-state index in [4.69, 9.17) is 9.47 Å². The van der Waals surface area contributed by atoms with Crippen molar-refractivity contribution in [2.24, 2.45) is 0 Å². The van der Waals surface area contributed by atoms with Gasteiger partial charge in [0, 0.05) is 18.3 Å². The first-order valence-electron chi connectivity index (χ1n) is 7.61. The number of hydrogen-bond donors (Lipinski definition) is 1. The quantitative estimate of drug-likeness (QED) is 0.920. The summed E-state index contributed by atoms with van der Waals surface area (Å²) >= 11 is 0. The lowest BCUT2D eigenvalue weighted by molar-refractivity contribution is 0.171. The summed E-state index contributed by atoms with van der Waals surface area (Å²) in [5, 5.41) is 3.50. The van der Waals surface area contributed by atoms with Crippen molar-refractivity contribution in [3.8, 4) is 11.5 Å². The van der Waals surface area contributed by atoms with Gasteiger partial charge in [0.15, 0.2) is 11.5 Å². The van der Waals surface area contributed by atoms with E-state index in [1.807, 2.05) is 18.2 Å². The number of anilines is 1. The predicted octanol–water partition coefficient (Wildman–Crippen LogP) is 3.95. The van der Waals surface area contributed by atoms with Gasteiger partial charge in [0.25, 0.3) is 0 Å². The van der Waals surface area contributed by atoms with Gasteiger partial charge in [0.2, 0.25) is 0 Å². The van der Waals surface area contributed by atoms with E-state index in [0.717, 1.165) is 29.6 Å². The molecule has 1 heterocycles. The van der Waals surface area contributed by atoms with Crippen LogP contribution in [-0.2, 0) is 6.54 Å². The lowest BCUT2D eigenvalue weighted by Crippen LogP contribution is -2.15. The second-order valence-electron chi connectivity index (χ2n) is 5.69. The molecule has 3 heteroatoms. The summed E-state index contributed by atoms with van der Waals surface area (Å²) in [5.74, 6) is 2.45. The van der Waals surface area contributed by atoms with Crippen LogP contribution in [0.1, 0.15) is 29.9 Å². The van der Waals surface area contributed by atoms with Crippen LogP contribution in [0.3, 0.4) is 0 Å². The van der Waals surface area contributed by atoms with Crippen molar-refractivity contribution in [1.29, 1.82) is 0 Å². The molecular formula is C18H19NO2. The Hall–Kier alpha value is -2.16. The Balaban J connectivity index is 1.49. The Morgan fingerprint density at radius 3 is 2.62 bits per heavy atom. The van der Waals surface area contributed by atoms with E-state index in [1.165, 1.54) is 24.0 Å². The summed E-state index contributed by atoms with van der Waals surface area (Å²) in [6.07, 6.45) is 2.67. The minimum absolute atomic E-state index is 0.626. The molecule has 0 unspecified atom stereocenters. The van der Waals surface area contributed by atoms with Crippen molar-refractivity contribution in [2.75, 3.05) is 18.5 Å². The van der Waals surface area contributed by atoms with Gasteiger partial charge in [-0.25, -0.2) is 0 Å². The van der Waals surface area contributed by atoms with Gasteiger partial charge in [0.05, 0.1) is 0 Å². The smallest absolute Gasteiger partial charge is 0.163 e. The van der Waals surface area contributed by atoms with Gasteiger partial charge in [-0.3, -0.25) is 0 Å². The second-order valence-corrected chi connectivity index (χ2v) is 5.69. The van der Waals surface area contributed by atoms with Crippen molar-refractivity contribution in [3.05, 3.63) is 53.6 Å². The van der Waals surface area contributed by atoms with Crippen molar-refractivity contribution in [2.45, 2.75) is 25.3 Å². The van der Waals surface area contributed by atoms with Gasteiger partial charge in [-0.1, -0.05) is 24.3 Å². The third-order valence-corrected chi connectivity index (χ3v) is 4.10. The molecule has 0 saturated heterocycles. The number of nitrogens with one attached hydrogen (secondary N) is 1. The normalized spacial score (nSPS) is 16.6. The van der Waals surface area contributed by atoms with Gasteiger partial charge in [-0.15, -0.1) is 0 Å². The highest BCUT2D eigenvalue weighted by Gasteiger charge is 2.25.